The zero-order chi connectivity index (χ0) is 11.0. The Hall–Kier alpha value is -0.0800. The Morgan fingerprint density at radius 2 is 1.71 bits per heavy atom. The summed E-state index contributed by atoms with van der Waals surface area (Å²) in [5, 5.41) is 3.45. The Kier molecular flexibility index (Phi) is 8.20. The molecule has 0 spiro atoms. The molecule has 0 aliphatic carbocycles. The second kappa shape index (κ2) is 8.25. The number of hydrogen-bond donors (Lipinski definition) is 1. The summed E-state index contributed by atoms with van der Waals surface area (Å²) in [5.74, 6) is 0. The smallest absolute Gasteiger partial charge is 0.00787 e. The van der Waals surface area contributed by atoms with Crippen LogP contribution in [0.4, 0.5) is 0 Å². The largest absolute Gasteiger partial charge is 0.317 e. The van der Waals surface area contributed by atoms with Crippen molar-refractivity contribution in [1.29, 1.82) is 0 Å². The van der Waals surface area contributed by atoms with Crippen molar-refractivity contribution in [2.75, 3.05) is 20.1 Å². The van der Waals surface area contributed by atoms with Gasteiger partial charge >= 0.3 is 0 Å². The first-order valence-electron chi connectivity index (χ1n) is 6.06. The summed E-state index contributed by atoms with van der Waals surface area (Å²) in [6, 6.07) is 1.39. The zero-order valence-corrected chi connectivity index (χ0v) is 10.6. The average Bonchev–Trinajstić information content (AvgIpc) is 2.21. The van der Waals surface area contributed by atoms with Gasteiger partial charge in [-0.15, -0.1) is 0 Å². The van der Waals surface area contributed by atoms with Crippen molar-refractivity contribution >= 4 is 0 Å². The highest BCUT2D eigenvalue weighted by atomic mass is 15.1. The van der Waals surface area contributed by atoms with Crippen LogP contribution >= 0.6 is 0 Å². The van der Waals surface area contributed by atoms with E-state index in [9.17, 15) is 0 Å². The van der Waals surface area contributed by atoms with Gasteiger partial charge in [0.25, 0.3) is 0 Å². The van der Waals surface area contributed by atoms with Gasteiger partial charge in [0, 0.05) is 12.1 Å². The summed E-state index contributed by atoms with van der Waals surface area (Å²) in [6.45, 7) is 11.4. The van der Waals surface area contributed by atoms with E-state index in [-0.39, 0.29) is 0 Å². The SMILES string of the molecule is CCCNCCC(C)N(C)C(C)CC. The molecule has 0 aromatic rings. The molecular weight excluding hydrogens is 172 g/mol. The number of nitrogens with zero attached hydrogens (tertiary/aromatic N) is 1. The van der Waals surface area contributed by atoms with Crippen molar-refractivity contribution in [2.24, 2.45) is 0 Å². The molecule has 14 heavy (non-hydrogen) atoms. The molecule has 2 atom stereocenters. The van der Waals surface area contributed by atoms with E-state index in [1.807, 2.05) is 0 Å². The van der Waals surface area contributed by atoms with Crippen molar-refractivity contribution in [1.82, 2.24) is 10.2 Å². The minimum atomic E-state index is 0.689. The van der Waals surface area contributed by atoms with E-state index in [1.165, 1.54) is 19.3 Å². The van der Waals surface area contributed by atoms with Crippen LogP contribution in [0.25, 0.3) is 0 Å². The minimum Gasteiger partial charge on any atom is -0.317 e. The number of nitrogens with one attached hydrogen (secondary N) is 1. The molecule has 0 aliphatic heterocycles. The van der Waals surface area contributed by atoms with Gasteiger partial charge in [0.1, 0.15) is 0 Å². The maximum Gasteiger partial charge on any atom is 0.00787 e. The lowest BCUT2D eigenvalue weighted by atomic mass is 10.1. The summed E-state index contributed by atoms with van der Waals surface area (Å²) in [6.07, 6.45) is 3.72. The average molecular weight is 200 g/mol. The molecule has 0 aromatic heterocycles. The molecule has 0 saturated heterocycles. The molecule has 0 saturated carbocycles. The van der Waals surface area contributed by atoms with E-state index >= 15 is 0 Å². The van der Waals surface area contributed by atoms with Crippen LogP contribution < -0.4 is 5.32 Å². The Morgan fingerprint density at radius 3 is 2.21 bits per heavy atom. The van der Waals surface area contributed by atoms with Gasteiger partial charge < -0.3 is 10.2 Å². The van der Waals surface area contributed by atoms with E-state index in [0.29, 0.717) is 12.1 Å². The Balaban J connectivity index is 3.56. The third-order valence-corrected chi connectivity index (χ3v) is 3.15. The lowest BCUT2D eigenvalue weighted by Crippen LogP contribution is -2.38. The third-order valence-electron chi connectivity index (χ3n) is 3.15. The van der Waals surface area contributed by atoms with Crippen molar-refractivity contribution in [3.63, 3.8) is 0 Å². The predicted molar refractivity (Wildman–Crippen MR) is 64.8 cm³/mol. The maximum atomic E-state index is 3.45. The number of hydrogen-bond acceptors (Lipinski definition) is 2. The Labute approximate surface area is 90.1 Å². The fourth-order valence-electron chi connectivity index (χ4n) is 1.54. The second-order valence-electron chi connectivity index (χ2n) is 4.31. The van der Waals surface area contributed by atoms with Crippen LogP contribution in [0.2, 0.25) is 0 Å². The van der Waals surface area contributed by atoms with Crippen LogP contribution in [0, 0.1) is 0 Å². The van der Waals surface area contributed by atoms with E-state index in [0.717, 1.165) is 13.1 Å². The van der Waals surface area contributed by atoms with Gasteiger partial charge in [0.05, 0.1) is 0 Å². The van der Waals surface area contributed by atoms with Crippen LogP contribution in [0.1, 0.15) is 47.0 Å². The van der Waals surface area contributed by atoms with Crippen LogP contribution in [0.3, 0.4) is 0 Å². The molecule has 0 radical (unpaired) electrons. The molecule has 0 aromatic carbocycles. The molecule has 2 unspecified atom stereocenters. The quantitative estimate of drug-likeness (QED) is 0.606. The maximum absolute atomic E-state index is 3.45. The molecule has 0 heterocycles. The monoisotopic (exact) mass is 200 g/mol. The first-order chi connectivity index (χ1) is 6.63. The molecule has 0 aliphatic rings. The van der Waals surface area contributed by atoms with Gasteiger partial charge in [-0.3, -0.25) is 0 Å². The predicted octanol–water partition coefficient (Wildman–Crippen LogP) is 2.49. The summed E-state index contributed by atoms with van der Waals surface area (Å²) < 4.78 is 0. The summed E-state index contributed by atoms with van der Waals surface area (Å²) in [7, 11) is 2.23. The molecule has 86 valence electrons. The third kappa shape index (κ3) is 5.61. The van der Waals surface area contributed by atoms with Crippen molar-refractivity contribution in [3.05, 3.63) is 0 Å². The number of rotatable bonds is 8. The molecule has 0 fully saturated rings. The Morgan fingerprint density at radius 1 is 1.07 bits per heavy atom. The van der Waals surface area contributed by atoms with Gasteiger partial charge in [0.15, 0.2) is 0 Å². The summed E-state index contributed by atoms with van der Waals surface area (Å²) in [4.78, 5) is 2.48. The first-order valence-corrected chi connectivity index (χ1v) is 6.06. The highest BCUT2D eigenvalue weighted by Crippen LogP contribution is 2.07. The van der Waals surface area contributed by atoms with Crippen LogP contribution in [-0.2, 0) is 0 Å². The summed E-state index contributed by atoms with van der Waals surface area (Å²) >= 11 is 0. The lowest BCUT2D eigenvalue weighted by Gasteiger charge is -2.30. The van der Waals surface area contributed by atoms with E-state index < -0.39 is 0 Å². The van der Waals surface area contributed by atoms with Crippen molar-refractivity contribution in [2.45, 2.75) is 59.0 Å². The van der Waals surface area contributed by atoms with E-state index in [2.05, 4.69) is 45.0 Å². The second-order valence-corrected chi connectivity index (χ2v) is 4.31. The van der Waals surface area contributed by atoms with Gasteiger partial charge in [-0.25, -0.2) is 0 Å². The van der Waals surface area contributed by atoms with Gasteiger partial charge in [0.2, 0.25) is 0 Å². The fourth-order valence-corrected chi connectivity index (χ4v) is 1.54. The van der Waals surface area contributed by atoms with Gasteiger partial charge in [-0.05, 0) is 53.2 Å². The van der Waals surface area contributed by atoms with Gasteiger partial charge in [-0.1, -0.05) is 13.8 Å². The van der Waals surface area contributed by atoms with Crippen LogP contribution in [-0.4, -0.2) is 37.1 Å². The molecule has 0 bridgehead atoms. The first kappa shape index (κ1) is 13.9. The van der Waals surface area contributed by atoms with Crippen LogP contribution in [0.15, 0.2) is 0 Å². The molecule has 2 heteroatoms. The normalized spacial score (nSPS) is 15.9. The molecule has 2 nitrogen and oxygen atoms in total. The Bertz CT molecular complexity index is 125. The molecule has 0 rings (SSSR count). The van der Waals surface area contributed by atoms with Crippen molar-refractivity contribution < 1.29 is 0 Å². The minimum absolute atomic E-state index is 0.689. The van der Waals surface area contributed by atoms with E-state index in [4.69, 9.17) is 0 Å². The zero-order valence-electron chi connectivity index (χ0n) is 10.6. The molecule has 0 amide bonds. The molecule has 1 N–H and O–H groups in total. The topological polar surface area (TPSA) is 15.3 Å². The highest BCUT2D eigenvalue weighted by molar-refractivity contribution is 4.69. The van der Waals surface area contributed by atoms with Gasteiger partial charge in [-0.2, -0.15) is 0 Å². The molecular formula is C12H28N2. The van der Waals surface area contributed by atoms with Crippen LogP contribution in [0.5, 0.6) is 0 Å². The standard InChI is InChI=1S/C12H28N2/c1-6-9-13-10-8-12(4)14(5)11(3)7-2/h11-13H,6-10H2,1-5H3. The summed E-state index contributed by atoms with van der Waals surface area (Å²) in [5.41, 5.74) is 0. The highest BCUT2D eigenvalue weighted by Gasteiger charge is 2.13. The van der Waals surface area contributed by atoms with Crippen molar-refractivity contribution in [3.8, 4) is 0 Å². The fraction of sp³-hybridized carbons (Fsp3) is 1.00. The lowest BCUT2D eigenvalue weighted by molar-refractivity contribution is 0.182. The van der Waals surface area contributed by atoms with E-state index in [1.54, 1.807) is 0 Å².